The smallest absolute Gasteiger partial charge is 0.340 e. The van der Waals surface area contributed by atoms with Gasteiger partial charge >= 0.3 is 5.97 Å². The molecule has 6 heteroatoms. The third kappa shape index (κ3) is 2.41. The second kappa shape index (κ2) is 5.12. The minimum absolute atomic E-state index is 0.0486. The Morgan fingerprint density at radius 3 is 2.69 bits per heavy atom. The Morgan fingerprint density at radius 1 is 1.56 bits per heavy atom. The van der Waals surface area contributed by atoms with E-state index in [1.807, 2.05) is 0 Å². The van der Waals surface area contributed by atoms with Gasteiger partial charge in [-0.3, -0.25) is 0 Å². The first-order chi connectivity index (χ1) is 7.49. The number of halogens is 3. The summed E-state index contributed by atoms with van der Waals surface area (Å²) < 4.78 is 29.9. The maximum atomic E-state index is 12.6. The van der Waals surface area contributed by atoms with Gasteiger partial charge < -0.3 is 10.5 Å². The van der Waals surface area contributed by atoms with E-state index < -0.39 is 18.0 Å². The van der Waals surface area contributed by atoms with Gasteiger partial charge in [0.25, 0.3) is 6.43 Å². The summed E-state index contributed by atoms with van der Waals surface area (Å²) >= 11 is 5.66. The normalized spacial score (nSPS) is 10.6. The summed E-state index contributed by atoms with van der Waals surface area (Å²) in [5.41, 5.74) is 4.47. The average Bonchev–Trinajstić information content (AvgIpc) is 2.21. The van der Waals surface area contributed by atoms with Crippen LogP contribution in [0.25, 0.3) is 0 Å². The zero-order chi connectivity index (χ0) is 12.3. The van der Waals surface area contributed by atoms with Crippen molar-refractivity contribution in [2.75, 3.05) is 12.3 Å². The molecule has 0 aliphatic heterocycles. The molecule has 0 fully saturated rings. The summed E-state index contributed by atoms with van der Waals surface area (Å²) in [5.74, 6) is -0.891. The molecular formula is C10H10ClF2NO2. The Bertz CT molecular complexity index is 410. The number of esters is 1. The van der Waals surface area contributed by atoms with Crippen molar-refractivity contribution in [3.63, 3.8) is 0 Å². The molecule has 0 bridgehead atoms. The maximum Gasteiger partial charge on any atom is 0.340 e. The van der Waals surface area contributed by atoms with Gasteiger partial charge in [0.15, 0.2) is 0 Å². The van der Waals surface area contributed by atoms with Crippen LogP contribution in [0.15, 0.2) is 12.1 Å². The van der Waals surface area contributed by atoms with Crippen molar-refractivity contribution < 1.29 is 18.3 Å². The van der Waals surface area contributed by atoms with Gasteiger partial charge in [-0.15, -0.1) is 0 Å². The van der Waals surface area contributed by atoms with Crippen molar-refractivity contribution in [3.05, 3.63) is 28.3 Å². The molecule has 0 amide bonds. The number of carbonyl (C=O) groups is 1. The summed E-state index contributed by atoms with van der Waals surface area (Å²) in [6.07, 6.45) is -2.81. The predicted octanol–water partition coefficient (Wildman–Crippen LogP) is 3.04. The van der Waals surface area contributed by atoms with Gasteiger partial charge in [-0.2, -0.15) is 0 Å². The molecule has 3 nitrogen and oxygen atoms in total. The van der Waals surface area contributed by atoms with Crippen LogP contribution in [0.4, 0.5) is 14.5 Å². The van der Waals surface area contributed by atoms with E-state index >= 15 is 0 Å². The van der Waals surface area contributed by atoms with Gasteiger partial charge in [0.05, 0.1) is 22.9 Å². The largest absolute Gasteiger partial charge is 0.462 e. The fourth-order valence-electron chi connectivity index (χ4n) is 1.22. The third-order valence-corrected chi connectivity index (χ3v) is 2.27. The number of carbonyl (C=O) groups excluding carboxylic acids is 1. The van der Waals surface area contributed by atoms with E-state index in [0.717, 1.165) is 6.07 Å². The van der Waals surface area contributed by atoms with Gasteiger partial charge in [0.1, 0.15) is 0 Å². The van der Waals surface area contributed by atoms with Gasteiger partial charge in [-0.1, -0.05) is 17.7 Å². The van der Waals surface area contributed by atoms with Crippen LogP contribution in [0.2, 0.25) is 5.02 Å². The highest BCUT2D eigenvalue weighted by Gasteiger charge is 2.23. The number of anilines is 1. The molecule has 88 valence electrons. The average molecular weight is 250 g/mol. The van der Waals surface area contributed by atoms with E-state index in [2.05, 4.69) is 4.74 Å². The van der Waals surface area contributed by atoms with Crippen LogP contribution in [-0.4, -0.2) is 12.6 Å². The number of hydrogen-bond acceptors (Lipinski definition) is 3. The molecule has 0 heterocycles. The van der Waals surface area contributed by atoms with Crippen LogP contribution in [0.3, 0.4) is 0 Å². The summed E-state index contributed by atoms with van der Waals surface area (Å²) in [4.78, 5) is 11.4. The number of nitrogens with two attached hydrogens (primary N) is 1. The molecule has 2 N–H and O–H groups in total. The molecule has 1 aromatic rings. The van der Waals surface area contributed by atoms with Crippen LogP contribution in [-0.2, 0) is 4.74 Å². The minimum atomic E-state index is -2.81. The summed E-state index contributed by atoms with van der Waals surface area (Å²) in [6, 6.07) is 2.29. The van der Waals surface area contributed by atoms with Gasteiger partial charge in [-0.25, -0.2) is 13.6 Å². The molecule has 0 atom stereocenters. The second-order valence-corrected chi connectivity index (χ2v) is 3.35. The number of nitrogen functional groups attached to an aromatic ring is 1. The SMILES string of the molecule is CCOC(=O)c1c(C(F)F)ccc(Cl)c1N. The maximum absolute atomic E-state index is 12.6. The Morgan fingerprint density at radius 2 is 2.19 bits per heavy atom. The van der Waals surface area contributed by atoms with Crippen LogP contribution in [0.5, 0.6) is 0 Å². The van der Waals surface area contributed by atoms with Crippen molar-refractivity contribution in [2.24, 2.45) is 0 Å². The predicted molar refractivity (Wildman–Crippen MR) is 56.8 cm³/mol. The Kier molecular flexibility index (Phi) is 4.06. The first-order valence-corrected chi connectivity index (χ1v) is 4.90. The lowest BCUT2D eigenvalue weighted by Gasteiger charge is -2.11. The number of hydrogen-bond donors (Lipinski definition) is 1. The zero-order valence-electron chi connectivity index (χ0n) is 8.47. The molecular weight excluding hydrogens is 240 g/mol. The van der Waals surface area contributed by atoms with Crippen molar-refractivity contribution in [1.82, 2.24) is 0 Å². The second-order valence-electron chi connectivity index (χ2n) is 2.95. The lowest BCUT2D eigenvalue weighted by molar-refractivity contribution is 0.0517. The minimum Gasteiger partial charge on any atom is -0.462 e. The van der Waals surface area contributed by atoms with Crippen LogP contribution >= 0.6 is 11.6 Å². The van der Waals surface area contributed by atoms with Crippen LogP contribution < -0.4 is 5.73 Å². The van der Waals surface area contributed by atoms with Crippen LogP contribution in [0, 0.1) is 0 Å². The fraction of sp³-hybridized carbons (Fsp3) is 0.300. The molecule has 1 aromatic carbocycles. The summed E-state index contributed by atoms with van der Waals surface area (Å²) in [7, 11) is 0. The highest BCUT2D eigenvalue weighted by atomic mass is 35.5. The number of alkyl halides is 2. The molecule has 1 rings (SSSR count). The molecule has 16 heavy (non-hydrogen) atoms. The summed E-state index contributed by atoms with van der Waals surface area (Å²) in [6.45, 7) is 1.65. The molecule has 0 aliphatic rings. The lowest BCUT2D eigenvalue weighted by atomic mass is 10.1. The van der Waals surface area contributed by atoms with E-state index in [9.17, 15) is 13.6 Å². The van der Waals surface area contributed by atoms with Crippen molar-refractivity contribution >= 4 is 23.3 Å². The van der Waals surface area contributed by atoms with Gasteiger partial charge in [0.2, 0.25) is 0 Å². The Balaban J connectivity index is 3.31. The molecule has 0 saturated heterocycles. The highest BCUT2D eigenvalue weighted by molar-refractivity contribution is 6.34. The monoisotopic (exact) mass is 249 g/mol. The van der Waals surface area contributed by atoms with Crippen molar-refractivity contribution in [1.29, 1.82) is 0 Å². The van der Waals surface area contributed by atoms with Gasteiger partial charge in [-0.05, 0) is 13.0 Å². The molecule has 0 aromatic heterocycles. The molecule has 0 radical (unpaired) electrons. The van der Waals surface area contributed by atoms with E-state index in [1.54, 1.807) is 6.92 Å². The van der Waals surface area contributed by atoms with E-state index in [1.165, 1.54) is 6.07 Å². The first-order valence-electron chi connectivity index (χ1n) is 4.52. The Labute approximate surface area is 96.1 Å². The number of benzene rings is 1. The fourth-order valence-corrected chi connectivity index (χ4v) is 1.38. The highest BCUT2D eigenvalue weighted by Crippen LogP contribution is 2.32. The number of rotatable bonds is 3. The van der Waals surface area contributed by atoms with Gasteiger partial charge in [0, 0.05) is 5.56 Å². The Hall–Kier alpha value is -1.36. The molecule has 0 spiro atoms. The summed E-state index contributed by atoms with van der Waals surface area (Å²) in [5, 5.41) is 0.0486. The van der Waals surface area contributed by atoms with Crippen molar-refractivity contribution in [3.8, 4) is 0 Å². The topological polar surface area (TPSA) is 52.3 Å². The molecule has 0 aliphatic carbocycles. The van der Waals surface area contributed by atoms with E-state index in [4.69, 9.17) is 17.3 Å². The number of ether oxygens (including phenoxy) is 1. The standard InChI is InChI=1S/C10H10ClF2NO2/c1-2-16-10(15)7-5(9(12)13)3-4-6(11)8(7)14/h3-4,9H,2,14H2,1H3. The van der Waals surface area contributed by atoms with Crippen LogP contribution in [0.1, 0.15) is 29.3 Å². The van der Waals surface area contributed by atoms with E-state index in [0.29, 0.717) is 0 Å². The first kappa shape index (κ1) is 12.7. The quantitative estimate of drug-likeness (QED) is 0.662. The zero-order valence-corrected chi connectivity index (χ0v) is 9.22. The lowest BCUT2D eigenvalue weighted by Crippen LogP contribution is -2.12. The molecule has 0 saturated carbocycles. The van der Waals surface area contributed by atoms with Crippen molar-refractivity contribution in [2.45, 2.75) is 13.3 Å². The third-order valence-electron chi connectivity index (χ3n) is 1.94. The molecule has 0 unspecified atom stereocenters. The van der Waals surface area contributed by atoms with E-state index in [-0.39, 0.29) is 22.9 Å².